The molecule has 0 radical (unpaired) electrons. The van der Waals surface area contributed by atoms with E-state index in [1.807, 2.05) is 31.2 Å². The number of ether oxygens (including phenoxy) is 1. The fraction of sp³-hybridized carbons (Fsp3) is 0.500. The van der Waals surface area contributed by atoms with Gasteiger partial charge in [0, 0.05) is 30.3 Å². The Morgan fingerprint density at radius 2 is 2.00 bits per heavy atom. The highest BCUT2D eigenvalue weighted by Gasteiger charge is 2.24. The standard InChI is InChI=1S/C22H30N4O2/c1-15(2)26-11-9-17(10-12-26)21-23-14-19(16(3)25-21)22(27)24-13-18-7-5-6-8-20(18)28-4/h5-8,14-15,17H,9-13H2,1-4H3,(H,24,27). The molecule has 6 nitrogen and oxygen atoms in total. The number of carbonyl (C=O) groups excluding carboxylic acids is 1. The van der Waals surface area contributed by atoms with Crippen molar-refractivity contribution in [3.8, 4) is 5.75 Å². The summed E-state index contributed by atoms with van der Waals surface area (Å²) in [5, 5.41) is 2.94. The molecule has 0 aliphatic carbocycles. The predicted molar refractivity (Wildman–Crippen MR) is 110 cm³/mol. The first-order valence-electron chi connectivity index (χ1n) is 9.97. The Morgan fingerprint density at radius 3 is 2.64 bits per heavy atom. The van der Waals surface area contributed by atoms with Crippen LogP contribution in [0.3, 0.4) is 0 Å². The molecule has 1 aromatic carbocycles. The molecule has 1 aliphatic heterocycles. The second kappa shape index (κ2) is 9.15. The number of carbonyl (C=O) groups is 1. The van der Waals surface area contributed by atoms with E-state index in [0.29, 0.717) is 24.1 Å². The number of rotatable bonds is 6. The minimum absolute atomic E-state index is 0.162. The third kappa shape index (κ3) is 4.68. The maximum Gasteiger partial charge on any atom is 0.254 e. The van der Waals surface area contributed by atoms with Crippen molar-refractivity contribution in [1.29, 1.82) is 0 Å². The molecule has 3 rings (SSSR count). The van der Waals surface area contributed by atoms with Crippen LogP contribution in [0.5, 0.6) is 5.75 Å². The number of amides is 1. The highest BCUT2D eigenvalue weighted by molar-refractivity contribution is 5.94. The van der Waals surface area contributed by atoms with E-state index in [1.165, 1.54) is 0 Å². The van der Waals surface area contributed by atoms with Gasteiger partial charge >= 0.3 is 0 Å². The summed E-state index contributed by atoms with van der Waals surface area (Å²) in [6, 6.07) is 8.24. The molecule has 1 N–H and O–H groups in total. The van der Waals surface area contributed by atoms with Crippen molar-refractivity contribution in [2.24, 2.45) is 0 Å². The minimum atomic E-state index is -0.162. The summed E-state index contributed by atoms with van der Waals surface area (Å²) in [5.41, 5.74) is 2.19. The van der Waals surface area contributed by atoms with Gasteiger partial charge in [-0.25, -0.2) is 9.97 Å². The number of benzene rings is 1. The normalized spacial score (nSPS) is 15.6. The maximum absolute atomic E-state index is 12.6. The summed E-state index contributed by atoms with van der Waals surface area (Å²) >= 11 is 0. The Labute approximate surface area is 167 Å². The first kappa shape index (κ1) is 20.3. The third-order valence-electron chi connectivity index (χ3n) is 5.50. The van der Waals surface area contributed by atoms with Gasteiger partial charge in [-0.1, -0.05) is 18.2 Å². The fourth-order valence-electron chi connectivity index (χ4n) is 3.70. The smallest absolute Gasteiger partial charge is 0.254 e. The maximum atomic E-state index is 12.6. The van der Waals surface area contributed by atoms with E-state index in [-0.39, 0.29) is 5.91 Å². The number of para-hydroxylation sites is 1. The van der Waals surface area contributed by atoms with Crippen molar-refractivity contribution in [2.75, 3.05) is 20.2 Å². The molecule has 1 aliphatic rings. The molecule has 1 aromatic heterocycles. The molecule has 0 atom stereocenters. The zero-order valence-electron chi connectivity index (χ0n) is 17.2. The van der Waals surface area contributed by atoms with Crippen molar-refractivity contribution in [1.82, 2.24) is 20.2 Å². The van der Waals surface area contributed by atoms with E-state index in [1.54, 1.807) is 13.3 Å². The number of likely N-dealkylation sites (tertiary alicyclic amines) is 1. The van der Waals surface area contributed by atoms with E-state index in [9.17, 15) is 4.79 Å². The first-order valence-corrected chi connectivity index (χ1v) is 9.97. The molecule has 0 unspecified atom stereocenters. The Morgan fingerprint density at radius 1 is 1.29 bits per heavy atom. The summed E-state index contributed by atoms with van der Waals surface area (Å²) in [7, 11) is 1.63. The number of hydrogen-bond acceptors (Lipinski definition) is 5. The number of hydrogen-bond donors (Lipinski definition) is 1. The van der Waals surface area contributed by atoms with Crippen LogP contribution in [-0.2, 0) is 6.54 Å². The quantitative estimate of drug-likeness (QED) is 0.830. The third-order valence-corrected chi connectivity index (χ3v) is 5.50. The van der Waals surface area contributed by atoms with Crippen molar-refractivity contribution in [3.63, 3.8) is 0 Å². The summed E-state index contributed by atoms with van der Waals surface area (Å²) in [6.45, 7) is 8.90. The second-order valence-corrected chi connectivity index (χ2v) is 7.63. The van der Waals surface area contributed by atoms with E-state index in [4.69, 9.17) is 4.74 Å². The van der Waals surface area contributed by atoms with Crippen LogP contribution in [0.15, 0.2) is 30.5 Å². The lowest BCUT2D eigenvalue weighted by molar-refractivity contribution is 0.0949. The van der Waals surface area contributed by atoms with Crippen molar-refractivity contribution in [2.45, 2.75) is 52.1 Å². The van der Waals surface area contributed by atoms with E-state index in [2.05, 4.69) is 34.0 Å². The molecular formula is C22H30N4O2. The number of methoxy groups -OCH3 is 1. The van der Waals surface area contributed by atoms with Gasteiger partial charge < -0.3 is 15.0 Å². The van der Waals surface area contributed by atoms with Crippen LogP contribution in [0, 0.1) is 6.92 Å². The number of aromatic nitrogens is 2. The van der Waals surface area contributed by atoms with Gasteiger partial charge in [-0.2, -0.15) is 0 Å². The highest BCUT2D eigenvalue weighted by atomic mass is 16.5. The molecule has 2 aromatic rings. The minimum Gasteiger partial charge on any atom is -0.496 e. The Hall–Kier alpha value is -2.47. The number of nitrogens with zero attached hydrogens (tertiary/aromatic N) is 3. The molecule has 1 amide bonds. The zero-order chi connectivity index (χ0) is 20.1. The summed E-state index contributed by atoms with van der Waals surface area (Å²) in [4.78, 5) is 24.3. The Kier molecular flexibility index (Phi) is 6.62. The van der Waals surface area contributed by atoms with Crippen LogP contribution < -0.4 is 10.1 Å². The van der Waals surface area contributed by atoms with Gasteiger partial charge in [0.25, 0.3) is 5.91 Å². The van der Waals surface area contributed by atoms with Crippen LogP contribution in [0.25, 0.3) is 0 Å². The van der Waals surface area contributed by atoms with Gasteiger partial charge in [-0.15, -0.1) is 0 Å². The molecule has 2 heterocycles. The predicted octanol–water partition coefficient (Wildman–Crippen LogP) is 3.31. The van der Waals surface area contributed by atoms with E-state index in [0.717, 1.165) is 48.8 Å². The molecule has 0 bridgehead atoms. The topological polar surface area (TPSA) is 67.3 Å². The van der Waals surface area contributed by atoms with Crippen molar-refractivity contribution >= 4 is 5.91 Å². The van der Waals surface area contributed by atoms with Gasteiger partial charge in [-0.3, -0.25) is 4.79 Å². The lowest BCUT2D eigenvalue weighted by atomic mass is 9.95. The van der Waals surface area contributed by atoms with E-state index < -0.39 is 0 Å². The fourth-order valence-corrected chi connectivity index (χ4v) is 3.70. The molecule has 6 heteroatoms. The van der Waals surface area contributed by atoms with Gasteiger partial charge in [0.15, 0.2) is 0 Å². The van der Waals surface area contributed by atoms with Crippen LogP contribution in [0.2, 0.25) is 0 Å². The number of nitrogens with one attached hydrogen (secondary N) is 1. The lowest BCUT2D eigenvalue weighted by Crippen LogP contribution is -2.38. The molecule has 28 heavy (non-hydrogen) atoms. The molecule has 150 valence electrons. The highest BCUT2D eigenvalue weighted by Crippen LogP contribution is 2.27. The van der Waals surface area contributed by atoms with Crippen molar-refractivity contribution < 1.29 is 9.53 Å². The first-order chi connectivity index (χ1) is 13.5. The molecule has 1 saturated heterocycles. The van der Waals surface area contributed by atoms with Crippen molar-refractivity contribution in [3.05, 3.63) is 53.1 Å². The molecular weight excluding hydrogens is 352 g/mol. The van der Waals surface area contributed by atoms with Gasteiger partial charge in [0.05, 0.1) is 18.4 Å². The van der Waals surface area contributed by atoms with Gasteiger partial charge in [0.2, 0.25) is 0 Å². The molecule has 1 fully saturated rings. The average Bonchev–Trinajstić information content (AvgIpc) is 2.72. The van der Waals surface area contributed by atoms with E-state index >= 15 is 0 Å². The Bertz CT molecular complexity index is 814. The summed E-state index contributed by atoms with van der Waals surface area (Å²) < 4.78 is 5.33. The van der Waals surface area contributed by atoms with Gasteiger partial charge in [-0.05, 0) is 52.8 Å². The largest absolute Gasteiger partial charge is 0.496 e. The number of aryl methyl sites for hydroxylation is 1. The van der Waals surface area contributed by atoms with Gasteiger partial charge in [0.1, 0.15) is 11.6 Å². The zero-order valence-corrected chi connectivity index (χ0v) is 17.2. The number of piperidine rings is 1. The molecule has 0 saturated carbocycles. The summed E-state index contributed by atoms with van der Waals surface area (Å²) in [6.07, 6.45) is 3.80. The second-order valence-electron chi connectivity index (χ2n) is 7.63. The summed E-state index contributed by atoms with van der Waals surface area (Å²) in [5.74, 6) is 1.84. The van der Waals surface area contributed by atoms with Crippen LogP contribution in [0.4, 0.5) is 0 Å². The van der Waals surface area contributed by atoms with Crippen LogP contribution >= 0.6 is 0 Å². The monoisotopic (exact) mass is 382 g/mol. The Balaban J connectivity index is 1.63. The SMILES string of the molecule is COc1ccccc1CNC(=O)c1cnc(C2CCN(C(C)C)CC2)nc1C. The van der Waals surface area contributed by atoms with Crippen LogP contribution in [-0.4, -0.2) is 47.0 Å². The molecule has 0 spiro atoms. The average molecular weight is 383 g/mol. The van der Waals surface area contributed by atoms with Crippen LogP contribution in [0.1, 0.15) is 60.0 Å². The lowest BCUT2D eigenvalue weighted by Gasteiger charge is -2.34.